The molecular weight excluding hydrogens is 588 g/mol. The number of nitriles is 1. The number of aromatic nitrogens is 2. The first kappa shape index (κ1) is 27.8. The highest BCUT2D eigenvalue weighted by molar-refractivity contribution is 7.23. The molecular formula is C31H31F2N7O3S. The third-order valence-corrected chi connectivity index (χ3v) is 10.5. The summed E-state index contributed by atoms with van der Waals surface area (Å²) >= 11 is 1.18. The number of benzene rings is 2. The van der Waals surface area contributed by atoms with Gasteiger partial charge in [-0.3, -0.25) is 4.90 Å². The lowest BCUT2D eigenvalue weighted by Crippen LogP contribution is -2.53. The fraction of sp³-hybridized carbons (Fsp3) is 0.452. The SMILES string of the molecule is COC1CN(CCOc2nc(N3C4CCC3CNC4)c3c4c(c(-c5c(F)ccc6sc(N)c(C#N)c56)c(F)c3n2)COC4)C1. The standard InChI is InChI=1S/C31H31F2N7O3S/c1-41-17-11-39(12-17)6-7-43-31-37-28-25(30(38-31)40-15-2-3-16(40)10-36-9-15)20-14-42-13-19(20)24(27(28)33)26-21(32)4-5-22-23(26)18(8-34)29(35)44-22/h4-5,15-17,36H,2-3,6-7,9-14,35H2,1H3. The molecule has 3 N–H and O–H groups in total. The molecule has 0 spiro atoms. The quantitative estimate of drug-likeness (QED) is 0.315. The van der Waals surface area contributed by atoms with Gasteiger partial charge in [0.15, 0.2) is 5.82 Å². The maximum absolute atomic E-state index is 17.2. The number of nitrogens with two attached hydrogens (primary N) is 1. The predicted octanol–water partition coefficient (Wildman–Crippen LogP) is 3.92. The summed E-state index contributed by atoms with van der Waals surface area (Å²) in [5.41, 5.74) is 7.68. The molecule has 6 heterocycles. The normalized spacial score (nSPS) is 21.6. The fourth-order valence-electron chi connectivity index (χ4n) is 7.29. The smallest absolute Gasteiger partial charge is 0.319 e. The zero-order valence-electron chi connectivity index (χ0n) is 24.2. The number of thiophene rings is 1. The van der Waals surface area contributed by atoms with E-state index in [4.69, 9.17) is 24.9 Å². The van der Waals surface area contributed by atoms with E-state index < -0.39 is 11.6 Å². The Morgan fingerprint density at radius 3 is 2.64 bits per heavy atom. The third kappa shape index (κ3) is 4.23. The van der Waals surface area contributed by atoms with Gasteiger partial charge in [0.1, 0.15) is 34.8 Å². The molecule has 2 bridgehead atoms. The third-order valence-electron chi connectivity index (χ3n) is 9.47. The Kier molecular flexibility index (Phi) is 6.80. The molecule has 2 unspecified atom stereocenters. The van der Waals surface area contributed by atoms with E-state index in [9.17, 15) is 5.26 Å². The molecule has 2 aromatic heterocycles. The van der Waals surface area contributed by atoms with Crippen LogP contribution in [0.15, 0.2) is 12.1 Å². The van der Waals surface area contributed by atoms with E-state index in [0.29, 0.717) is 40.0 Å². The van der Waals surface area contributed by atoms with Crippen LogP contribution >= 0.6 is 11.3 Å². The van der Waals surface area contributed by atoms with Gasteiger partial charge in [-0.15, -0.1) is 11.3 Å². The molecule has 4 aromatic rings. The van der Waals surface area contributed by atoms with E-state index in [2.05, 4.69) is 26.2 Å². The van der Waals surface area contributed by atoms with Crippen LogP contribution in [-0.4, -0.2) is 79.5 Å². The second kappa shape index (κ2) is 10.7. The molecule has 44 heavy (non-hydrogen) atoms. The van der Waals surface area contributed by atoms with Gasteiger partial charge in [-0.25, -0.2) is 8.78 Å². The number of rotatable bonds is 7. The molecule has 0 saturated carbocycles. The number of nitrogen functional groups attached to an aromatic ring is 1. The molecule has 8 rings (SSSR count). The number of hydrogen-bond acceptors (Lipinski definition) is 11. The van der Waals surface area contributed by atoms with Crippen molar-refractivity contribution in [2.24, 2.45) is 0 Å². The number of methoxy groups -OCH3 is 1. The number of piperazine rings is 1. The summed E-state index contributed by atoms with van der Waals surface area (Å²) in [6.45, 7) is 4.55. The topological polar surface area (TPSA) is 122 Å². The van der Waals surface area contributed by atoms with Crippen molar-refractivity contribution in [1.82, 2.24) is 20.2 Å². The molecule has 4 aliphatic rings. The summed E-state index contributed by atoms with van der Waals surface area (Å²) < 4.78 is 51.0. The number of nitrogens with one attached hydrogen (secondary N) is 1. The molecule has 3 fully saturated rings. The first-order valence-electron chi connectivity index (χ1n) is 14.9. The van der Waals surface area contributed by atoms with Gasteiger partial charge in [0.2, 0.25) is 0 Å². The number of anilines is 2. The second-order valence-electron chi connectivity index (χ2n) is 11.9. The van der Waals surface area contributed by atoms with Crippen LogP contribution in [-0.2, 0) is 22.7 Å². The van der Waals surface area contributed by atoms with E-state index in [1.54, 1.807) is 13.2 Å². The van der Waals surface area contributed by atoms with Crippen LogP contribution in [0.3, 0.4) is 0 Å². The van der Waals surface area contributed by atoms with Gasteiger partial charge in [0, 0.05) is 73.1 Å². The van der Waals surface area contributed by atoms with E-state index in [1.807, 2.05) is 0 Å². The van der Waals surface area contributed by atoms with Crippen molar-refractivity contribution in [3.8, 4) is 23.2 Å². The lowest BCUT2D eigenvalue weighted by Gasteiger charge is -2.38. The van der Waals surface area contributed by atoms with Crippen LogP contribution in [0, 0.1) is 23.0 Å². The summed E-state index contributed by atoms with van der Waals surface area (Å²) in [5.74, 6) is -0.703. The molecule has 3 saturated heterocycles. The van der Waals surface area contributed by atoms with Crippen LogP contribution in [0.4, 0.5) is 19.6 Å². The van der Waals surface area contributed by atoms with Crippen molar-refractivity contribution in [2.45, 2.75) is 44.2 Å². The summed E-state index contributed by atoms with van der Waals surface area (Å²) in [6.07, 6.45) is 2.22. The van der Waals surface area contributed by atoms with Gasteiger partial charge in [-0.05, 0) is 36.1 Å². The summed E-state index contributed by atoms with van der Waals surface area (Å²) in [6, 6.07) is 5.45. The van der Waals surface area contributed by atoms with E-state index in [0.717, 1.165) is 44.6 Å². The Bertz CT molecular complexity index is 1840. The number of ether oxygens (including phenoxy) is 3. The van der Waals surface area contributed by atoms with E-state index in [-0.39, 0.29) is 64.6 Å². The highest BCUT2D eigenvalue weighted by atomic mass is 32.1. The lowest BCUT2D eigenvalue weighted by atomic mass is 9.90. The Balaban J connectivity index is 1.33. The fourth-order valence-corrected chi connectivity index (χ4v) is 8.22. The number of nitrogens with zero attached hydrogens (tertiary/aromatic N) is 5. The Morgan fingerprint density at radius 2 is 1.89 bits per heavy atom. The minimum atomic E-state index is -0.689. The van der Waals surface area contributed by atoms with Crippen molar-refractivity contribution in [2.75, 3.05) is 57.1 Å². The Labute approximate surface area is 256 Å². The van der Waals surface area contributed by atoms with Crippen molar-refractivity contribution >= 4 is 43.1 Å². The van der Waals surface area contributed by atoms with E-state index in [1.165, 1.54) is 17.4 Å². The number of likely N-dealkylation sites (tertiary alicyclic amines) is 1. The largest absolute Gasteiger partial charge is 0.462 e. The van der Waals surface area contributed by atoms with Gasteiger partial charge in [0.05, 0.1) is 30.3 Å². The molecule has 0 aliphatic carbocycles. The van der Waals surface area contributed by atoms with E-state index >= 15 is 8.78 Å². The number of halogens is 2. The second-order valence-corrected chi connectivity index (χ2v) is 12.9. The molecule has 13 heteroatoms. The molecule has 0 amide bonds. The van der Waals surface area contributed by atoms with Crippen LogP contribution < -0.4 is 20.7 Å². The van der Waals surface area contributed by atoms with Crippen molar-refractivity contribution in [1.29, 1.82) is 5.26 Å². The average molecular weight is 620 g/mol. The van der Waals surface area contributed by atoms with Crippen molar-refractivity contribution in [3.63, 3.8) is 0 Å². The Morgan fingerprint density at radius 1 is 1.11 bits per heavy atom. The number of hydrogen-bond donors (Lipinski definition) is 2. The first-order chi connectivity index (χ1) is 21.5. The minimum Gasteiger partial charge on any atom is -0.462 e. The summed E-state index contributed by atoms with van der Waals surface area (Å²) in [7, 11) is 1.71. The summed E-state index contributed by atoms with van der Waals surface area (Å²) in [5, 5.41) is 14.6. The Hall–Kier alpha value is -3.67. The van der Waals surface area contributed by atoms with Gasteiger partial charge in [0.25, 0.3) is 0 Å². The lowest BCUT2D eigenvalue weighted by molar-refractivity contribution is -0.0336. The molecule has 0 radical (unpaired) electrons. The zero-order chi connectivity index (χ0) is 30.1. The predicted molar refractivity (Wildman–Crippen MR) is 163 cm³/mol. The van der Waals surface area contributed by atoms with Gasteiger partial charge in [-0.1, -0.05) is 0 Å². The van der Waals surface area contributed by atoms with Crippen LogP contribution in [0.1, 0.15) is 29.5 Å². The molecule has 2 aromatic carbocycles. The van der Waals surface area contributed by atoms with Crippen LogP contribution in [0.2, 0.25) is 0 Å². The van der Waals surface area contributed by atoms with Crippen molar-refractivity contribution < 1.29 is 23.0 Å². The number of fused-ring (bicyclic) bond motifs is 6. The van der Waals surface area contributed by atoms with Crippen LogP contribution in [0.5, 0.6) is 6.01 Å². The molecule has 4 aliphatic heterocycles. The highest BCUT2D eigenvalue weighted by Crippen LogP contribution is 2.48. The summed E-state index contributed by atoms with van der Waals surface area (Å²) in [4.78, 5) is 14.1. The first-order valence-corrected chi connectivity index (χ1v) is 15.7. The minimum absolute atomic E-state index is 0.00324. The zero-order valence-corrected chi connectivity index (χ0v) is 25.0. The molecule has 10 nitrogen and oxygen atoms in total. The highest BCUT2D eigenvalue weighted by Gasteiger charge is 2.40. The molecule has 2 atom stereocenters. The monoisotopic (exact) mass is 619 g/mol. The maximum Gasteiger partial charge on any atom is 0.319 e. The molecule has 228 valence electrons. The van der Waals surface area contributed by atoms with Gasteiger partial charge in [-0.2, -0.15) is 15.2 Å². The van der Waals surface area contributed by atoms with Gasteiger partial charge < -0.3 is 30.2 Å². The van der Waals surface area contributed by atoms with Crippen LogP contribution in [0.25, 0.3) is 32.1 Å². The average Bonchev–Trinajstić information content (AvgIpc) is 3.67. The van der Waals surface area contributed by atoms with Gasteiger partial charge >= 0.3 is 6.01 Å². The maximum atomic E-state index is 17.2. The van der Waals surface area contributed by atoms with Crippen molar-refractivity contribution in [3.05, 3.63) is 40.5 Å².